The summed E-state index contributed by atoms with van der Waals surface area (Å²) in [5.74, 6) is 0. The molecular formula is C21H20O4S2. The van der Waals surface area contributed by atoms with Gasteiger partial charge in [-0.05, 0) is 55.5 Å². The van der Waals surface area contributed by atoms with E-state index in [0.717, 1.165) is 5.56 Å². The number of allylic oxidation sites excluding steroid dienone is 4. The van der Waals surface area contributed by atoms with Gasteiger partial charge in [-0.1, -0.05) is 42.0 Å². The van der Waals surface area contributed by atoms with Crippen LogP contribution in [-0.4, -0.2) is 23.1 Å². The summed E-state index contributed by atoms with van der Waals surface area (Å²) in [5, 5.41) is 0. The molecule has 1 aliphatic rings. The fourth-order valence-electron chi connectivity index (χ4n) is 2.14. The van der Waals surface area contributed by atoms with Crippen molar-refractivity contribution in [3.8, 4) is 0 Å². The molecule has 0 aromatic heterocycles. The Morgan fingerprint density at radius 2 is 1.37 bits per heavy atom. The van der Waals surface area contributed by atoms with Crippen LogP contribution in [0, 0.1) is 6.92 Å². The minimum absolute atomic E-state index is 0.318. The van der Waals surface area contributed by atoms with Crippen LogP contribution in [0.2, 0.25) is 0 Å². The van der Waals surface area contributed by atoms with Crippen molar-refractivity contribution in [2.75, 3.05) is 6.26 Å². The summed E-state index contributed by atoms with van der Waals surface area (Å²) in [6, 6.07) is 15.3. The van der Waals surface area contributed by atoms with Crippen LogP contribution < -0.4 is 0 Å². The van der Waals surface area contributed by atoms with Gasteiger partial charge in [-0.15, -0.1) is 5.73 Å². The predicted molar refractivity (Wildman–Crippen MR) is 108 cm³/mol. The molecule has 4 nitrogen and oxygen atoms in total. The van der Waals surface area contributed by atoms with Crippen LogP contribution in [0.15, 0.2) is 105 Å². The summed E-state index contributed by atoms with van der Waals surface area (Å²) >= 11 is 0. The topological polar surface area (TPSA) is 68.3 Å². The molecule has 0 N–H and O–H groups in total. The fraction of sp³-hybridized carbons (Fsp3) is 0.0952. The lowest BCUT2D eigenvalue weighted by Gasteiger charge is -2.04. The smallest absolute Gasteiger partial charge is 0.206 e. The van der Waals surface area contributed by atoms with Gasteiger partial charge >= 0.3 is 0 Å². The van der Waals surface area contributed by atoms with E-state index in [2.05, 4.69) is 5.73 Å². The second-order valence-corrected chi connectivity index (χ2v) is 9.80. The van der Waals surface area contributed by atoms with Gasteiger partial charge in [0.15, 0.2) is 9.84 Å². The Bertz CT molecular complexity index is 1110. The molecule has 3 rings (SSSR count). The van der Waals surface area contributed by atoms with Crippen LogP contribution in [0.4, 0.5) is 0 Å². The second kappa shape index (κ2) is 8.82. The van der Waals surface area contributed by atoms with Gasteiger partial charge in [0.25, 0.3) is 0 Å². The van der Waals surface area contributed by atoms with Gasteiger partial charge < -0.3 is 0 Å². The highest BCUT2D eigenvalue weighted by Gasteiger charge is 2.16. The van der Waals surface area contributed by atoms with Crippen LogP contribution in [0.5, 0.6) is 0 Å². The first-order valence-electron chi connectivity index (χ1n) is 8.07. The lowest BCUT2D eigenvalue weighted by Crippen LogP contribution is -2.01. The number of hydrogen-bond donors (Lipinski definition) is 0. The zero-order valence-corrected chi connectivity index (χ0v) is 16.7. The van der Waals surface area contributed by atoms with Crippen LogP contribution in [0.1, 0.15) is 5.56 Å². The fourth-order valence-corrected chi connectivity index (χ4v) is 4.06. The predicted octanol–water partition coefficient (Wildman–Crippen LogP) is 4.02. The number of benzene rings is 2. The molecule has 0 saturated carbocycles. The quantitative estimate of drug-likeness (QED) is 0.730. The SMILES string of the molecule is CS(=O)(=O)C1=CC=C=CC=C1.Cc1ccc(S(=O)(=O)c2ccccc2)cc1. The molecule has 1 aliphatic carbocycles. The zero-order chi connectivity index (χ0) is 19.9. The monoisotopic (exact) mass is 400 g/mol. The summed E-state index contributed by atoms with van der Waals surface area (Å²) in [4.78, 5) is 0.988. The number of aryl methyl sites for hydroxylation is 1. The molecule has 0 fully saturated rings. The zero-order valence-electron chi connectivity index (χ0n) is 15.0. The van der Waals surface area contributed by atoms with E-state index in [-0.39, 0.29) is 0 Å². The van der Waals surface area contributed by atoms with E-state index >= 15 is 0 Å². The Kier molecular flexibility index (Phi) is 6.75. The van der Waals surface area contributed by atoms with E-state index in [9.17, 15) is 16.8 Å². The van der Waals surface area contributed by atoms with Gasteiger partial charge in [0.2, 0.25) is 9.84 Å². The Balaban J connectivity index is 0.000000208. The summed E-state index contributed by atoms with van der Waals surface area (Å²) in [6.45, 7) is 1.93. The van der Waals surface area contributed by atoms with Crippen molar-refractivity contribution in [3.63, 3.8) is 0 Å². The summed E-state index contributed by atoms with van der Waals surface area (Å²) in [6.07, 6.45) is 9.14. The number of rotatable bonds is 3. The molecule has 0 saturated heterocycles. The maximum atomic E-state index is 12.1. The molecule has 0 aliphatic heterocycles. The van der Waals surface area contributed by atoms with Crippen LogP contribution in [-0.2, 0) is 19.7 Å². The van der Waals surface area contributed by atoms with Crippen molar-refractivity contribution in [2.24, 2.45) is 0 Å². The first-order valence-corrected chi connectivity index (χ1v) is 11.4. The molecule has 0 amide bonds. The van der Waals surface area contributed by atoms with E-state index < -0.39 is 19.7 Å². The van der Waals surface area contributed by atoms with E-state index in [1.807, 2.05) is 6.92 Å². The third-order valence-corrected chi connectivity index (χ3v) is 6.52. The lowest BCUT2D eigenvalue weighted by atomic mass is 10.2. The van der Waals surface area contributed by atoms with Gasteiger partial charge in [0.05, 0.1) is 14.7 Å². The van der Waals surface area contributed by atoms with Gasteiger partial charge in [-0.2, -0.15) is 0 Å². The third-order valence-electron chi connectivity index (χ3n) is 3.61. The molecule has 0 unspecified atom stereocenters. The van der Waals surface area contributed by atoms with E-state index in [1.165, 1.54) is 12.3 Å². The van der Waals surface area contributed by atoms with Crippen molar-refractivity contribution in [1.82, 2.24) is 0 Å². The Morgan fingerprint density at radius 1 is 0.778 bits per heavy atom. The Labute approximate surface area is 160 Å². The molecule has 0 atom stereocenters. The van der Waals surface area contributed by atoms with Crippen molar-refractivity contribution in [1.29, 1.82) is 0 Å². The highest BCUT2D eigenvalue weighted by molar-refractivity contribution is 7.94. The number of hydrogen-bond acceptors (Lipinski definition) is 4. The van der Waals surface area contributed by atoms with Crippen LogP contribution in [0.25, 0.3) is 0 Å². The Hall–Kier alpha value is -2.66. The molecule has 6 heteroatoms. The highest BCUT2D eigenvalue weighted by Crippen LogP contribution is 2.20. The minimum Gasteiger partial charge on any atom is -0.224 e. The first kappa shape index (κ1) is 20.6. The average molecular weight is 401 g/mol. The summed E-state index contributed by atoms with van der Waals surface area (Å²) in [7, 11) is -6.42. The molecule has 140 valence electrons. The largest absolute Gasteiger partial charge is 0.224 e. The standard InChI is InChI=1S/C13H12O2S.C8H8O2S/c1-11-7-9-13(10-8-11)16(14,15)12-5-3-2-4-6-12;1-11(9,10)8-6-4-2-3-5-7-8/h2-10H,1H3;2,4-7H,1H3. The molecule has 0 spiro atoms. The van der Waals surface area contributed by atoms with Crippen molar-refractivity contribution in [2.45, 2.75) is 16.7 Å². The minimum atomic E-state index is -3.36. The molecule has 0 heterocycles. The average Bonchev–Trinajstić information content (AvgIpc) is 2.93. The second-order valence-electron chi connectivity index (χ2n) is 5.83. The third kappa shape index (κ3) is 5.93. The van der Waals surface area contributed by atoms with Crippen molar-refractivity contribution < 1.29 is 16.8 Å². The van der Waals surface area contributed by atoms with E-state index in [4.69, 9.17) is 0 Å². The first-order chi connectivity index (χ1) is 12.7. The molecule has 2 aromatic carbocycles. The van der Waals surface area contributed by atoms with Gasteiger partial charge in [-0.3, -0.25) is 0 Å². The van der Waals surface area contributed by atoms with Gasteiger partial charge in [-0.25, -0.2) is 16.8 Å². The molecule has 0 radical (unpaired) electrons. The van der Waals surface area contributed by atoms with E-state index in [1.54, 1.807) is 78.9 Å². The maximum absolute atomic E-state index is 12.1. The van der Waals surface area contributed by atoms with Crippen molar-refractivity contribution >= 4 is 19.7 Å². The molecule has 0 bridgehead atoms. The van der Waals surface area contributed by atoms with E-state index in [0.29, 0.717) is 14.7 Å². The van der Waals surface area contributed by atoms with Crippen molar-refractivity contribution in [3.05, 3.63) is 101 Å². The molecular weight excluding hydrogens is 380 g/mol. The highest BCUT2D eigenvalue weighted by atomic mass is 32.2. The van der Waals surface area contributed by atoms with Crippen LogP contribution in [0.3, 0.4) is 0 Å². The number of sulfone groups is 2. The molecule has 2 aromatic rings. The van der Waals surface area contributed by atoms with Gasteiger partial charge in [0.1, 0.15) is 0 Å². The Morgan fingerprint density at radius 3 is 1.96 bits per heavy atom. The summed E-state index contributed by atoms with van der Waals surface area (Å²) < 4.78 is 46.2. The maximum Gasteiger partial charge on any atom is 0.206 e. The normalized spacial score (nSPS) is 13.3. The molecule has 27 heavy (non-hydrogen) atoms. The summed E-state index contributed by atoms with van der Waals surface area (Å²) in [5.41, 5.74) is 3.82. The lowest BCUT2D eigenvalue weighted by molar-refractivity contribution is 0.596. The van der Waals surface area contributed by atoms with Gasteiger partial charge in [0, 0.05) is 6.26 Å². The van der Waals surface area contributed by atoms with Crippen LogP contribution >= 0.6 is 0 Å².